The number of hydrogen-bond donors (Lipinski definition) is 0. The zero-order valence-corrected chi connectivity index (χ0v) is 17.2. The van der Waals surface area contributed by atoms with Crippen molar-refractivity contribution in [1.82, 2.24) is 14.8 Å². The number of carbonyl (C=O) groups excluding carboxylic acids is 2. The first-order valence-corrected chi connectivity index (χ1v) is 9.79. The number of piperazine rings is 1. The summed E-state index contributed by atoms with van der Waals surface area (Å²) in [6.45, 7) is 3.92. The SMILES string of the molecule is Cc1cc(N2CCN(C(=O)OCc3ccccc3)C(CC(=O)N(C)C)C2)ccn1. The number of anilines is 1. The lowest BCUT2D eigenvalue weighted by atomic mass is 10.1. The summed E-state index contributed by atoms with van der Waals surface area (Å²) >= 11 is 0. The van der Waals surface area contributed by atoms with Gasteiger partial charge in [0.15, 0.2) is 0 Å². The highest BCUT2D eigenvalue weighted by Crippen LogP contribution is 2.22. The summed E-state index contributed by atoms with van der Waals surface area (Å²) in [5.41, 5.74) is 2.93. The van der Waals surface area contributed by atoms with Crippen molar-refractivity contribution in [3.63, 3.8) is 0 Å². The molecule has 1 aromatic carbocycles. The van der Waals surface area contributed by atoms with E-state index in [0.717, 1.165) is 16.9 Å². The number of aryl methyl sites for hydroxylation is 1. The number of aromatic nitrogens is 1. The van der Waals surface area contributed by atoms with Gasteiger partial charge in [-0.3, -0.25) is 9.78 Å². The highest BCUT2D eigenvalue weighted by Gasteiger charge is 2.33. The molecule has 154 valence electrons. The van der Waals surface area contributed by atoms with E-state index in [2.05, 4.69) is 9.88 Å². The lowest BCUT2D eigenvalue weighted by molar-refractivity contribution is -0.129. The van der Waals surface area contributed by atoms with Gasteiger partial charge in [0.1, 0.15) is 6.61 Å². The molecule has 0 bridgehead atoms. The number of hydrogen-bond acceptors (Lipinski definition) is 5. The first-order chi connectivity index (χ1) is 13.9. The smallest absolute Gasteiger partial charge is 0.410 e. The van der Waals surface area contributed by atoms with E-state index >= 15 is 0 Å². The van der Waals surface area contributed by atoms with Crippen LogP contribution in [0, 0.1) is 6.92 Å². The number of ether oxygens (including phenoxy) is 1. The summed E-state index contributed by atoms with van der Waals surface area (Å²) in [4.78, 5) is 34.9. The number of amides is 2. The van der Waals surface area contributed by atoms with Crippen molar-refractivity contribution >= 4 is 17.7 Å². The van der Waals surface area contributed by atoms with Gasteiger partial charge in [0, 0.05) is 57.7 Å². The molecule has 3 rings (SSSR count). The molecule has 0 saturated carbocycles. The predicted octanol–water partition coefficient (Wildman–Crippen LogP) is 2.70. The van der Waals surface area contributed by atoms with Gasteiger partial charge < -0.3 is 19.4 Å². The number of benzene rings is 1. The van der Waals surface area contributed by atoms with E-state index in [-0.39, 0.29) is 31.1 Å². The average Bonchev–Trinajstić information content (AvgIpc) is 2.72. The average molecular weight is 396 g/mol. The van der Waals surface area contributed by atoms with Crippen molar-refractivity contribution in [2.45, 2.75) is 26.0 Å². The van der Waals surface area contributed by atoms with Crippen molar-refractivity contribution in [2.24, 2.45) is 0 Å². The van der Waals surface area contributed by atoms with Crippen molar-refractivity contribution < 1.29 is 14.3 Å². The molecule has 1 unspecified atom stereocenters. The van der Waals surface area contributed by atoms with Gasteiger partial charge in [-0.25, -0.2) is 4.79 Å². The predicted molar refractivity (Wildman–Crippen MR) is 112 cm³/mol. The number of nitrogens with zero attached hydrogens (tertiary/aromatic N) is 4. The van der Waals surface area contributed by atoms with Crippen LogP contribution in [0.5, 0.6) is 0 Å². The van der Waals surface area contributed by atoms with E-state index in [1.54, 1.807) is 30.1 Å². The topological polar surface area (TPSA) is 66.0 Å². The Hall–Kier alpha value is -3.09. The lowest BCUT2D eigenvalue weighted by Crippen LogP contribution is -2.56. The number of carbonyl (C=O) groups is 2. The van der Waals surface area contributed by atoms with Gasteiger partial charge in [0.05, 0.1) is 6.04 Å². The van der Waals surface area contributed by atoms with Gasteiger partial charge in [-0.1, -0.05) is 30.3 Å². The molecule has 2 aromatic rings. The fraction of sp³-hybridized carbons (Fsp3) is 0.409. The van der Waals surface area contributed by atoms with E-state index in [4.69, 9.17) is 4.74 Å². The fourth-order valence-electron chi connectivity index (χ4n) is 3.42. The normalized spacial score (nSPS) is 16.4. The third-order valence-corrected chi connectivity index (χ3v) is 5.08. The molecule has 1 saturated heterocycles. The summed E-state index contributed by atoms with van der Waals surface area (Å²) in [6, 6.07) is 13.3. The zero-order valence-electron chi connectivity index (χ0n) is 17.2. The maximum atomic E-state index is 12.8. The van der Waals surface area contributed by atoms with E-state index in [9.17, 15) is 9.59 Å². The van der Waals surface area contributed by atoms with Crippen LogP contribution in [0.2, 0.25) is 0 Å². The van der Waals surface area contributed by atoms with E-state index in [0.29, 0.717) is 19.6 Å². The third kappa shape index (κ3) is 5.47. The largest absolute Gasteiger partial charge is 0.445 e. The molecule has 2 amide bonds. The minimum atomic E-state index is -0.379. The molecule has 7 nitrogen and oxygen atoms in total. The van der Waals surface area contributed by atoms with Crippen LogP contribution in [-0.4, -0.2) is 66.6 Å². The van der Waals surface area contributed by atoms with Gasteiger partial charge >= 0.3 is 6.09 Å². The van der Waals surface area contributed by atoms with Gasteiger partial charge in [-0.15, -0.1) is 0 Å². The molecular weight excluding hydrogens is 368 g/mol. The Morgan fingerprint density at radius 1 is 1.17 bits per heavy atom. The van der Waals surface area contributed by atoms with Crippen LogP contribution in [0.15, 0.2) is 48.7 Å². The summed E-state index contributed by atoms with van der Waals surface area (Å²) in [6.07, 6.45) is 1.66. The van der Waals surface area contributed by atoms with Crippen LogP contribution in [0.4, 0.5) is 10.5 Å². The Morgan fingerprint density at radius 2 is 1.93 bits per heavy atom. The molecule has 1 fully saturated rings. The molecule has 29 heavy (non-hydrogen) atoms. The quantitative estimate of drug-likeness (QED) is 0.777. The second-order valence-corrected chi connectivity index (χ2v) is 7.48. The molecule has 2 heterocycles. The minimum absolute atomic E-state index is 0.0105. The van der Waals surface area contributed by atoms with Crippen LogP contribution < -0.4 is 4.90 Å². The van der Waals surface area contributed by atoms with Gasteiger partial charge in [0.25, 0.3) is 0 Å². The molecule has 0 radical (unpaired) electrons. The number of pyridine rings is 1. The molecule has 0 spiro atoms. The molecular formula is C22H28N4O3. The summed E-state index contributed by atoms with van der Waals surface area (Å²) in [5.74, 6) is -0.0105. The Balaban J connectivity index is 1.71. The molecule has 1 atom stereocenters. The van der Waals surface area contributed by atoms with Gasteiger partial charge in [-0.05, 0) is 24.6 Å². The van der Waals surface area contributed by atoms with Crippen LogP contribution >= 0.6 is 0 Å². The van der Waals surface area contributed by atoms with Crippen LogP contribution in [0.25, 0.3) is 0 Å². The third-order valence-electron chi connectivity index (χ3n) is 5.08. The zero-order chi connectivity index (χ0) is 20.8. The Kier molecular flexibility index (Phi) is 6.69. The van der Waals surface area contributed by atoms with Crippen molar-refractivity contribution in [3.8, 4) is 0 Å². The molecule has 0 aliphatic carbocycles. The monoisotopic (exact) mass is 396 g/mol. The standard InChI is InChI=1S/C22H28N4O3/c1-17-13-19(9-10-23-17)25-11-12-26(20(15-25)14-21(27)24(2)3)22(28)29-16-18-7-5-4-6-8-18/h4-10,13,20H,11-12,14-16H2,1-3H3. The maximum Gasteiger partial charge on any atom is 0.410 e. The van der Waals surface area contributed by atoms with E-state index in [1.807, 2.05) is 49.4 Å². The molecule has 1 aliphatic rings. The summed E-state index contributed by atoms with van der Waals surface area (Å²) in [7, 11) is 3.46. The molecule has 1 aliphatic heterocycles. The summed E-state index contributed by atoms with van der Waals surface area (Å²) < 4.78 is 5.53. The van der Waals surface area contributed by atoms with Crippen LogP contribution in [-0.2, 0) is 16.1 Å². The van der Waals surface area contributed by atoms with Gasteiger partial charge in [0.2, 0.25) is 5.91 Å². The molecule has 7 heteroatoms. The van der Waals surface area contributed by atoms with E-state index < -0.39 is 0 Å². The van der Waals surface area contributed by atoms with Crippen molar-refractivity contribution in [2.75, 3.05) is 38.6 Å². The highest BCUT2D eigenvalue weighted by molar-refractivity contribution is 5.78. The first-order valence-electron chi connectivity index (χ1n) is 9.79. The van der Waals surface area contributed by atoms with Gasteiger partial charge in [-0.2, -0.15) is 0 Å². The highest BCUT2D eigenvalue weighted by atomic mass is 16.6. The van der Waals surface area contributed by atoms with Crippen molar-refractivity contribution in [3.05, 3.63) is 59.9 Å². The van der Waals surface area contributed by atoms with Crippen LogP contribution in [0.3, 0.4) is 0 Å². The fourth-order valence-corrected chi connectivity index (χ4v) is 3.42. The lowest BCUT2D eigenvalue weighted by Gasteiger charge is -2.41. The minimum Gasteiger partial charge on any atom is -0.445 e. The first kappa shape index (κ1) is 20.6. The van der Waals surface area contributed by atoms with E-state index in [1.165, 1.54) is 0 Å². The Morgan fingerprint density at radius 3 is 2.62 bits per heavy atom. The molecule has 0 N–H and O–H groups in total. The summed E-state index contributed by atoms with van der Waals surface area (Å²) in [5, 5.41) is 0. The Bertz CT molecular complexity index is 841. The second-order valence-electron chi connectivity index (χ2n) is 7.48. The number of rotatable bonds is 5. The van der Waals surface area contributed by atoms with Crippen LogP contribution in [0.1, 0.15) is 17.7 Å². The van der Waals surface area contributed by atoms with Crippen molar-refractivity contribution in [1.29, 1.82) is 0 Å². The maximum absolute atomic E-state index is 12.8. The Labute approximate surface area is 171 Å². The second kappa shape index (κ2) is 9.41. The molecule has 1 aromatic heterocycles.